The van der Waals surface area contributed by atoms with Crippen molar-refractivity contribution < 1.29 is 19.1 Å². The molecule has 0 unspecified atom stereocenters. The van der Waals surface area contributed by atoms with Crippen molar-refractivity contribution in [3.8, 4) is 33.8 Å². The van der Waals surface area contributed by atoms with Gasteiger partial charge < -0.3 is 19.7 Å². The number of ether oxygens (including phenoxy) is 2. The number of carbonyl (C=O) groups is 2. The van der Waals surface area contributed by atoms with Gasteiger partial charge in [0.2, 0.25) is 6.41 Å². The minimum absolute atomic E-state index is 0.229. The van der Waals surface area contributed by atoms with E-state index >= 15 is 0 Å². The van der Waals surface area contributed by atoms with Crippen molar-refractivity contribution in [3.05, 3.63) is 83.7 Å². The van der Waals surface area contributed by atoms with E-state index in [2.05, 4.69) is 5.32 Å². The third-order valence-corrected chi connectivity index (χ3v) is 6.47. The number of anilines is 2. The van der Waals surface area contributed by atoms with Crippen molar-refractivity contribution >= 4 is 34.3 Å². The average Bonchev–Trinajstić information content (AvgIpc) is 3.31. The zero-order valence-corrected chi connectivity index (χ0v) is 19.9. The predicted octanol–water partition coefficient (Wildman–Crippen LogP) is 5.94. The second-order valence-electron chi connectivity index (χ2n) is 7.49. The van der Waals surface area contributed by atoms with Gasteiger partial charge in [0.25, 0.3) is 5.91 Å². The van der Waals surface area contributed by atoms with Gasteiger partial charge in [-0.05, 0) is 41.0 Å². The number of amides is 2. The lowest BCUT2D eigenvalue weighted by Gasteiger charge is -2.19. The Balaban J connectivity index is 1.69. The normalized spacial score (nSPS) is 10.4. The van der Waals surface area contributed by atoms with Gasteiger partial charge in [0.05, 0.1) is 19.8 Å². The summed E-state index contributed by atoms with van der Waals surface area (Å²) in [6.07, 6.45) is 0.588. The summed E-state index contributed by atoms with van der Waals surface area (Å²) in [6.45, 7) is 0. The van der Waals surface area contributed by atoms with Crippen molar-refractivity contribution in [1.29, 1.82) is 0 Å². The van der Waals surface area contributed by atoms with Gasteiger partial charge in [0.15, 0.2) is 0 Å². The van der Waals surface area contributed by atoms with Crippen molar-refractivity contribution in [1.82, 2.24) is 0 Å². The summed E-state index contributed by atoms with van der Waals surface area (Å²) in [7, 11) is 4.93. The molecule has 0 atom stereocenters. The van der Waals surface area contributed by atoms with Crippen LogP contribution < -0.4 is 19.7 Å². The molecule has 0 fully saturated rings. The van der Waals surface area contributed by atoms with E-state index < -0.39 is 0 Å². The number of nitrogens with one attached hydrogen (secondary N) is 1. The van der Waals surface area contributed by atoms with Crippen LogP contribution in [-0.2, 0) is 4.79 Å². The first-order chi connectivity index (χ1) is 16.5. The molecule has 0 saturated carbocycles. The van der Waals surface area contributed by atoms with Gasteiger partial charge >= 0.3 is 0 Å². The van der Waals surface area contributed by atoms with Crippen LogP contribution in [-0.4, -0.2) is 33.6 Å². The Morgan fingerprint density at radius 3 is 2.12 bits per heavy atom. The monoisotopic (exact) mass is 472 g/mol. The highest BCUT2D eigenvalue weighted by Crippen LogP contribution is 2.38. The Kier molecular flexibility index (Phi) is 6.94. The van der Waals surface area contributed by atoms with Crippen LogP contribution in [0.25, 0.3) is 22.3 Å². The molecule has 1 N–H and O–H groups in total. The molecule has 4 aromatic rings. The highest BCUT2D eigenvalue weighted by Gasteiger charge is 2.24. The minimum Gasteiger partial charge on any atom is -0.497 e. The van der Waals surface area contributed by atoms with Crippen molar-refractivity contribution in [3.63, 3.8) is 0 Å². The number of thiophene rings is 1. The van der Waals surface area contributed by atoms with Crippen LogP contribution in [0.5, 0.6) is 11.5 Å². The van der Waals surface area contributed by atoms with Gasteiger partial charge in [0.1, 0.15) is 16.5 Å². The molecule has 0 aliphatic rings. The Labute approximate surface area is 202 Å². The maximum Gasteiger partial charge on any atom is 0.261 e. The standard InChI is InChI=1S/C27H24N2O4S/c1-29(21-5-4-6-23(15-21)33-3)27(31)25-24(16-34-26(25)28-17-30)20-9-7-18(8-10-20)19-11-13-22(32-2)14-12-19/h4-17H,1-3H3,(H,28,30). The molecule has 172 valence electrons. The van der Waals surface area contributed by atoms with Gasteiger partial charge in [-0.25, -0.2) is 0 Å². The molecular weight excluding hydrogens is 448 g/mol. The van der Waals surface area contributed by atoms with E-state index in [0.717, 1.165) is 28.0 Å². The summed E-state index contributed by atoms with van der Waals surface area (Å²) in [4.78, 5) is 26.3. The molecule has 0 radical (unpaired) electrons. The Hall–Kier alpha value is -4.10. The topological polar surface area (TPSA) is 67.9 Å². The smallest absolute Gasteiger partial charge is 0.261 e. The average molecular weight is 473 g/mol. The molecule has 2 amide bonds. The highest BCUT2D eigenvalue weighted by atomic mass is 32.1. The van der Waals surface area contributed by atoms with E-state index in [1.54, 1.807) is 32.2 Å². The number of rotatable bonds is 8. The quantitative estimate of drug-likeness (QED) is 0.322. The second kappa shape index (κ2) is 10.2. The molecule has 0 spiro atoms. The molecule has 1 aromatic heterocycles. The first kappa shape index (κ1) is 23.1. The minimum atomic E-state index is -0.229. The zero-order chi connectivity index (χ0) is 24.1. The summed E-state index contributed by atoms with van der Waals surface area (Å²) in [6, 6.07) is 23.1. The van der Waals surface area contributed by atoms with Crippen LogP contribution in [0.4, 0.5) is 10.7 Å². The van der Waals surface area contributed by atoms with Crippen LogP contribution in [0.3, 0.4) is 0 Å². The third-order valence-electron chi connectivity index (χ3n) is 5.56. The lowest BCUT2D eigenvalue weighted by molar-refractivity contribution is -0.105. The summed E-state index contributed by atoms with van der Waals surface area (Å²) >= 11 is 1.32. The van der Waals surface area contributed by atoms with Gasteiger partial charge in [-0.2, -0.15) is 0 Å². The van der Waals surface area contributed by atoms with Crippen molar-refractivity contribution in [2.24, 2.45) is 0 Å². The summed E-state index contributed by atoms with van der Waals surface area (Å²) in [5, 5.41) is 5.07. The summed E-state index contributed by atoms with van der Waals surface area (Å²) in [5.74, 6) is 1.23. The van der Waals surface area contributed by atoms with Crippen LogP contribution in [0.2, 0.25) is 0 Å². The van der Waals surface area contributed by atoms with Gasteiger partial charge in [-0.15, -0.1) is 11.3 Å². The molecule has 0 saturated heterocycles. The summed E-state index contributed by atoms with van der Waals surface area (Å²) < 4.78 is 10.5. The lowest BCUT2D eigenvalue weighted by Crippen LogP contribution is -2.27. The first-order valence-electron chi connectivity index (χ1n) is 10.5. The number of carbonyl (C=O) groups excluding carboxylic acids is 2. The molecule has 0 aliphatic carbocycles. The van der Waals surface area contributed by atoms with E-state index in [1.165, 1.54) is 11.3 Å². The van der Waals surface area contributed by atoms with Crippen LogP contribution >= 0.6 is 11.3 Å². The fourth-order valence-electron chi connectivity index (χ4n) is 3.67. The first-order valence-corrected chi connectivity index (χ1v) is 11.4. The third kappa shape index (κ3) is 4.65. The fraction of sp³-hybridized carbons (Fsp3) is 0.111. The lowest BCUT2D eigenvalue weighted by atomic mass is 9.99. The predicted molar refractivity (Wildman–Crippen MR) is 137 cm³/mol. The Morgan fingerprint density at radius 2 is 1.50 bits per heavy atom. The maximum atomic E-state index is 13.6. The molecule has 6 nitrogen and oxygen atoms in total. The SMILES string of the molecule is COc1ccc(-c2ccc(-c3csc(NC=O)c3C(=O)N(C)c3cccc(OC)c3)cc2)cc1. The molecular formula is C27H24N2O4S. The van der Waals surface area contributed by atoms with Crippen molar-refractivity contribution in [2.75, 3.05) is 31.5 Å². The zero-order valence-electron chi connectivity index (χ0n) is 19.1. The maximum absolute atomic E-state index is 13.6. The Bertz CT molecular complexity index is 1300. The van der Waals surface area contributed by atoms with Crippen LogP contribution in [0.15, 0.2) is 78.2 Å². The van der Waals surface area contributed by atoms with Crippen LogP contribution in [0.1, 0.15) is 10.4 Å². The van der Waals surface area contributed by atoms with Gasteiger partial charge in [0, 0.05) is 29.7 Å². The number of methoxy groups -OCH3 is 2. The molecule has 7 heteroatoms. The summed E-state index contributed by atoms with van der Waals surface area (Å²) in [5.41, 5.74) is 4.89. The number of hydrogen-bond donors (Lipinski definition) is 1. The number of hydrogen-bond acceptors (Lipinski definition) is 5. The fourth-order valence-corrected chi connectivity index (χ4v) is 4.59. The van der Waals surface area contributed by atoms with E-state index in [0.29, 0.717) is 28.4 Å². The second-order valence-corrected chi connectivity index (χ2v) is 8.37. The number of nitrogens with zero attached hydrogens (tertiary/aromatic N) is 1. The van der Waals surface area contributed by atoms with Gasteiger partial charge in [-0.1, -0.05) is 42.5 Å². The molecule has 1 heterocycles. The highest BCUT2D eigenvalue weighted by molar-refractivity contribution is 7.15. The van der Waals surface area contributed by atoms with E-state index in [1.807, 2.05) is 72.1 Å². The Morgan fingerprint density at radius 1 is 0.882 bits per heavy atom. The molecule has 0 bridgehead atoms. The van der Waals surface area contributed by atoms with E-state index in [4.69, 9.17) is 9.47 Å². The molecule has 34 heavy (non-hydrogen) atoms. The van der Waals surface area contributed by atoms with Crippen molar-refractivity contribution in [2.45, 2.75) is 0 Å². The van der Waals surface area contributed by atoms with E-state index in [9.17, 15) is 9.59 Å². The largest absolute Gasteiger partial charge is 0.497 e. The molecule has 3 aromatic carbocycles. The number of benzene rings is 3. The van der Waals surface area contributed by atoms with E-state index in [-0.39, 0.29) is 5.91 Å². The molecule has 0 aliphatic heterocycles. The van der Waals surface area contributed by atoms with Crippen LogP contribution in [0, 0.1) is 0 Å². The van der Waals surface area contributed by atoms with Gasteiger partial charge in [-0.3, -0.25) is 9.59 Å². The molecule has 4 rings (SSSR count).